The molecule has 0 saturated carbocycles. The van der Waals surface area contributed by atoms with Crippen LogP contribution in [0.1, 0.15) is 0 Å². The van der Waals surface area contributed by atoms with Crippen molar-refractivity contribution in [3.05, 3.63) is 17.5 Å². The number of imide groups is 1. The Kier molecular flexibility index (Phi) is 2.25. The van der Waals surface area contributed by atoms with Crippen LogP contribution in [-0.4, -0.2) is 34.9 Å². The highest BCUT2D eigenvalue weighted by molar-refractivity contribution is 6.29. The number of halogens is 1. The third-order valence-electron chi connectivity index (χ3n) is 3.18. The van der Waals surface area contributed by atoms with Gasteiger partial charge in [0.05, 0.1) is 11.8 Å². The normalized spacial score (nSPS) is 27.2. The van der Waals surface area contributed by atoms with Gasteiger partial charge in [-0.1, -0.05) is 11.6 Å². The molecule has 0 radical (unpaired) electrons. The van der Waals surface area contributed by atoms with Crippen molar-refractivity contribution < 1.29 is 9.59 Å². The van der Waals surface area contributed by atoms with Gasteiger partial charge in [0.25, 0.3) is 0 Å². The summed E-state index contributed by atoms with van der Waals surface area (Å²) in [4.78, 5) is 32.8. The monoisotopic (exact) mass is 252 g/mol. The summed E-state index contributed by atoms with van der Waals surface area (Å²) < 4.78 is 0. The maximum absolute atomic E-state index is 11.5. The maximum atomic E-state index is 11.5. The van der Waals surface area contributed by atoms with Crippen LogP contribution in [-0.2, 0) is 9.59 Å². The molecule has 1 aromatic rings. The molecule has 7 heteroatoms. The van der Waals surface area contributed by atoms with Crippen LogP contribution in [0.3, 0.4) is 0 Å². The van der Waals surface area contributed by atoms with Gasteiger partial charge in [0.2, 0.25) is 11.8 Å². The van der Waals surface area contributed by atoms with E-state index >= 15 is 0 Å². The number of fused-ring (bicyclic) bond motifs is 1. The Labute approximate surface area is 102 Å². The number of hydrogen-bond donors (Lipinski definition) is 1. The van der Waals surface area contributed by atoms with E-state index < -0.39 is 0 Å². The second-order valence-electron chi connectivity index (χ2n) is 4.17. The molecule has 2 saturated heterocycles. The van der Waals surface area contributed by atoms with Crippen LogP contribution in [0.4, 0.5) is 5.82 Å². The fourth-order valence-electron chi connectivity index (χ4n) is 2.33. The van der Waals surface area contributed by atoms with E-state index in [1.807, 2.05) is 4.90 Å². The summed E-state index contributed by atoms with van der Waals surface area (Å²) in [6.45, 7) is 0.991. The predicted molar refractivity (Wildman–Crippen MR) is 59.4 cm³/mol. The molecule has 2 aliphatic rings. The van der Waals surface area contributed by atoms with E-state index in [0.29, 0.717) is 24.1 Å². The molecule has 1 aromatic heterocycles. The van der Waals surface area contributed by atoms with Crippen molar-refractivity contribution in [2.45, 2.75) is 0 Å². The highest BCUT2D eigenvalue weighted by Crippen LogP contribution is 2.31. The number of anilines is 1. The third kappa shape index (κ3) is 1.64. The van der Waals surface area contributed by atoms with E-state index in [4.69, 9.17) is 11.6 Å². The molecule has 2 fully saturated rings. The van der Waals surface area contributed by atoms with Crippen LogP contribution in [0.25, 0.3) is 0 Å². The first-order valence-electron chi connectivity index (χ1n) is 5.22. The Hall–Kier alpha value is -1.69. The summed E-state index contributed by atoms with van der Waals surface area (Å²) >= 11 is 5.78. The van der Waals surface area contributed by atoms with Gasteiger partial charge in [-0.25, -0.2) is 9.97 Å². The molecular formula is C10H9ClN4O2. The molecule has 3 rings (SSSR count). The molecule has 0 unspecified atom stereocenters. The number of nitrogens with one attached hydrogen (secondary N) is 1. The summed E-state index contributed by atoms with van der Waals surface area (Å²) in [7, 11) is 0. The van der Waals surface area contributed by atoms with Crippen LogP contribution in [0.5, 0.6) is 0 Å². The van der Waals surface area contributed by atoms with Gasteiger partial charge < -0.3 is 4.90 Å². The number of carbonyl (C=O) groups excluding carboxylic acids is 2. The molecule has 3 heterocycles. The minimum absolute atomic E-state index is 0.192. The standard InChI is InChI=1S/C10H9ClN4O2/c11-7-1-8(13-4-12-7)15-2-5-6(3-15)10(17)14-9(5)16/h1,4-6H,2-3H2,(H,14,16,17)/t5-,6+. The largest absolute Gasteiger partial charge is 0.355 e. The lowest BCUT2D eigenvalue weighted by Gasteiger charge is -2.17. The Balaban J connectivity index is 1.85. The number of hydrogen-bond acceptors (Lipinski definition) is 5. The van der Waals surface area contributed by atoms with Gasteiger partial charge in [-0.15, -0.1) is 0 Å². The molecule has 0 aliphatic carbocycles. The fraction of sp³-hybridized carbons (Fsp3) is 0.400. The number of nitrogens with zero attached hydrogens (tertiary/aromatic N) is 3. The van der Waals surface area contributed by atoms with Crippen molar-refractivity contribution in [3.8, 4) is 0 Å². The first-order chi connectivity index (χ1) is 8.15. The van der Waals surface area contributed by atoms with Gasteiger partial charge in [0, 0.05) is 19.2 Å². The second kappa shape index (κ2) is 3.66. The van der Waals surface area contributed by atoms with Crippen molar-refractivity contribution in [3.63, 3.8) is 0 Å². The van der Waals surface area contributed by atoms with Crippen molar-refractivity contribution >= 4 is 29.2 Å². The molecule has 17 heavy (non-hydrogen) atoms. The highest BCUT2D eigenvalue weighted by atomic mass is 35.5. The molecule has 6 nitrogen and oxygen atoms in total. The molecule has 1 N–H and O–H groups in total. The van der Waals surface area contributed by atoms with E-state index in [2.05, 4.69) is 15.3 Å². The van der Waals surface area contributed by atoms with E-state index in [1.165, 1.54) is 6.33 Å². The quantitative estimate of drug-likeness (QED) is 0.555. The minimum atomic E-state index is -0.267. The summed E-state index contributed by atoms with van der Waals surface area (Å²) in [6.07, 6.45) is 1.37. The van der Waals surface area contributed by atoms with Crippen molar-refractivity contribution in [1.29, 1.82) is 0 Å². The molecule has 2 aliphatic heterocycles. The lowest BCUT2D eigenvalue weighted by atomic mass is 10.00. The zero-order valence-electron chi connectivity index (χ0n) is 8.76. The van der Waals surface area contributed by atoms with E-state index in [0.717, 1.165) is 0 Å². The zero-order valence-corrected chi connectivity index (χ0v) is 9.52. The zero-order chi connectivity index (χ0) is 12.0. The minimum Gasteiger partial charge on any atom is -0.355 e. The van der Waals surface area contributed by atoms with Gasteiger partial charge in [-0.3, -0.25) is 14.9 Å². The molecule has 88 valence electrons. The van der Waals surface area contributed by atoms with Crippen LogP contribution >= 0.6 is 11.6 Å². The Bertz CT molecular complexity index is 485. The second-order valence-corrected chi connectivity index (χ2v) is 4.56. The third-order valence-corrected chi connectivity index (χ3v) is 3.39. The van der Waals surface area contributed by atoms with Crippen LogP contribution < -0.4 is 10.2 Å². The van der Waals surface area contributed by atoms with Crippen LogP contribution in [0, 0.1) is 11.8 Å². The average molecular weight is 253 g/mol. The molecule has 2 atom stereocenters. The number of aromatic nitrogens is 2. The van der Waals surface area contributed by atoms with Crippen LogP contribution in [0.2, 0.25) is 5.15 Å². The van der Waals surface area contributed by atoms with Crippen molar-refractivity contribution in [1.82, 2.24) is 15.3 Å². The number of amides is 2. The lowest BCUT2D eigenvalue weighted by Crippen LogP contribution is -2.31. The van der Waals surface area contributed by atoms with Gasteiger partial charge in [0.1, 0.15) is 17.3 Å². The van der Waals surface area contributed by atoms with Crippen molar-refractivity contribution in [2.24, 2.45) is 11.8 Å². The maximum Gasteiger partial charge on any atom is 0.232 e. The van der Waals surface area contributed by atoms with Gasteiger partial charge in [0.15, 0.2) is 0 Å². The lowest BCUT2D eigenvalue weighted by molar-refractivity contribution is -0.126. The van der Waals surface area contributed by atoms with Gasteiger partial charge in [-0.2, -0.15) is 0 Å². The topological polar surface area (TPSA) is 75.2 Å². The van der Waals surface area contributed by atoms with E-state index in [-0.39, 0.29) is 23.7 Å². The molecular weight excluding hydrogens is 244 g/mol. The van der Waals surface area contributed by atoms with E-state index in [1.54, 1.807) is 6.07 Å². The predicted octanol–water partition coefficient (Wildman–Crippen LogP) is -0.161. The average Bonchev–Trinajstić information content (AvgIpc) is 2.82. The molecule has 2 amide bonds. The summed E-state index contributed by atoms with van der Waals surface area (Å²) in [5.74, 6) is -0.266. The molecule has 0 aromatic carbocycles. The summed E-state index contributed by atoms with van der Waals surface area (Å²) in [5, 5.41) is 2.69. The summed E-state index contributed by atoms with van der Waals surface area (Å²) in [6, 6.07) is 1.63. The van der Waals surface area contributed by atoms with Gasteiger partial charge >= 0.3 is 0 Å². The first kappa shape index (κ1) is 10.5. The molecule has 0 spiro atoms. The number of carbonyl (C=O) groups is 2. The SMILES string of the molecule is O=C1NC(=O)[C@@H]2CN(c3cc(Cl)ncn3)C[C@H]12. The van der Waals surface area contributed by atoms with Crippen LogP contribution in [0.15, 0.2) is 12.4 Å². The first-order valence-corrected chi connectivity index (χ1v) is 5.60. The molecule has 0 bridgehead atoms. The summed E-state index contributed by atoms with van der Waals surface area (Å²) in [5.41, 5.74) is 0. The smallest absolute Gasteiger partial charge is 0.232 e. The fourth-order valence-corrected chi connectivity index (χ4v) is 2.47. The van der Waals surface area contributed by atoms with Gasteiger partial charge in [-0.05, 0) is 0 Å². The Morgan fingerprint density at radius 2 is 1.88 bits per heavy atom. The highest BCUT2D eigenvalue weighted by Gasteiger charge is 2.48. The van der Waals surface area contributed by atoms with E-state index in [9.17, 15) is 9.59 Å². The number of rotatable bonds is 1. The van der Waals surface area contributed by atoms with Crippen molar-refractivity contribution in [2.75, 3.05) is 18.0 Å². The Morgan fingerprint density at radius 1 is 1.24 bits per heavy atom. The Morgan fingerprint density at radius 3 is 2.47 bits per heavy atom.